The molecule has 0 bridgehead atoms. The van der Waals surface area contributed by atoms with Crippen LogP contribution < -0.4 is 4.90 Å². The summed E-state index contributed by atoms with van der Waals surface area (Å²) in [5.74, 6) is 0. The highest BCUT2D eigenvalue weighted by Gasteiger charge is 2.52. The number of hydrogen-bond donors (Lipinski definition) is 0. The number of anilines is 1. The maximum absolute atomic E-state index is 12.3. The van der Waals surface area contributed by atoms with E-state index in [1.807, 2.05) is 49.5 Å². The third kappa shape index (κ3) is 3.51. The van der Waals surface area contributed by atoms with Crippen molar-refractivity contribution >= 4 is 11.8 Å². The Labute approximate surface area is 158 Å². The summed E-state index contributed by atoms with van der Waals surface area (Å²) in [6.45, 7) is 9.01. The van der Waals surface area contributed by atoms with E-state index in [-0.39, 0.29) is 17.7 Å². The lowest BCUT2D eigenvalue weighted by Crippen LogP contribution is -2.26. The van der Waals surface area contributed by atoms with Gasteiger partial charge in [0.15, 0.2) is 0 Å². The van der Waals surface area contributed by atoms with E-state index in [2.05, 4.69) is 15.2 Å². The SMILES string of the molecule is [C-]#[N+]C1(c2ccc(N3C[C@H](Cn4cc(CN(C)C)nn4)OC3=O)cc2)CC1. The summed E-state index contributed by atoms with van der Waals surface area (Å²) >= 11 is 0. The van der Waals surface area contributed by atoms with Gasteiger partial charge in [-0.15, -0.1) is 5.10 Å². The molecule has 0 N–H and O–H groups in total. The van der Waals surface area contributed by atoms with Crippen LogP contribution in [-0.4, -0.2) is 52.7 Å². The number of amides is 1. The van der Waals surface area contributed by atoms with Crippen LogP contribution in [0, 0.1) is 6.57 Å². The molecule has 1 saturated carbocycles. The zero-order chi connectivity index (χ0) is 19.0. The first-order valence-electron chi connectivity index (χ1n) is 9.00. The molecule has 1 aromatic heterocycles. The third-order valence-electron chi connectivity index (χ3n) is 4.98. The van der Waals surface area contributed by atoms with Crippen molar-refractivity contribution in [3.63, 3.8) is 0 Å². The molecule has 0 spiro atoms. The average Bonchev–Trinajstić information content (AvgIpc) is 3.20. The van der Waals surface area contributed by atoms with Gasteiger partial charge >= 0.3 is 6.09 Å². The van der Waals surface area contributed by atoms with Crippen LogP contribution in [0.3, 0.4) is 0 Å². The standard InChI is InChI=1S/C19H22N6O2/c1-20-19(8-9-19)14-4-6-16(7-5-14)25-13-17(27-18(25)26)12-24-11-15(21-22-24)10-23(2)3/h4-7,11,17H,8-10,12-13H2,2-3H3/t17-/m0/s1. The number of hydrogen-bond acceptors (Lipinski definition) is 5. The van der Waals surface area contributed by atoms with Crippen LogP contribution in [0.2, 0.25) is 0 Å². The van der Waals surface area contributed by atoms with Crippen LogP contribution in [0.4, 0.5) is 10.5 Å². The molecule has 2 aliphatic rings. The van der Waals surface area contributed by atoms with Gasteiger partial charge in [-0.3, -0.25) is 4.90 Å². The molecule has 1 aromatic carbocycles. The van der Waals surface area contributed by atoms with Crippen molar-refractivity contribution in [3.05, 3.63) is 53.1 Å². The molecule has 1 aliphatic carbocycles. The summed E-state index contributed by atoms with van der Waals surface area (Å²) < 4.78 is 7.21. The van der Waals surface area contributed by atoms with E-state index in [0.717, 1.165) is 36.3 Å². The van der Waals surface area contributed by atoms with Gasteiger partial charge in [-0.1, -0.05) is 5.21 Å². The van der Waals surface area contributed by atoms with E-state index >= 15 is 0 Å². The zero-order valence-electron chi connectivity index (χ0n) is 15.5. The van der Waals surface area contributed by atoms with Crippen LogP contribution in [0.5, 0.6) is 0 Å². The minimum absolute atomic E-state index is 0.274. The van der Waals surface area contributed by atoms with Crippen LogP contribution in [0.15, 0.2) is 30.5 Å². The van der Waals surface area contributed by atoms with E-state index in [1.165, 1.54) is 0 Å². The van der Waals surface area contributed by atoms with E-state index in [9.17, 15) is 4.79 Å². The number of ether oxygens (including phenoxy) is 1. The molecule has 2 aromatic rings. The minimum Gasteiger partial charge on any atom is -0.442 e. The maximum Gasteiger partial charge on any atom is 0.414 e. The van der Waals surface area contributed by atoms with Crippen LogP contribution in [0.1, 0.15) is 24.1 Å². The molecular formula is C19H22N6O2. The summed E-state index contributed by atoms with van der Waals surface area (Å²) in [6, 6.07) is 7.70. The Morgan fingerprint density at radius 2 is 2.07 bits per heavy atom. The third-order valence-corrected chi connectivity index (χ3v) is 4.98. The molecule has 4 rings (SSSR count). The van der Waals surface area contributed by atoms with E-state index in [0.29, 0.717) is 13.1 Å². The fourth-order valence-corrected chi connectivity index (χ4v) is 3.40. The fraction of sp³-hybridized carbons (Fsp3) is 0.474. The van der Waals surface area contributed by atoms with Crippen molar-refractivity contribution < 1.29 is 9.53 Å². The highest BCUT2D eigenvalue weighted by Crippen LogP contribution is 2.49. The van der Waals surface area contributed by atoms with Crippen molar-refractivity contribution in [2.45, 2.75) is 37.6 Å². The van der Waals surface area contributed by atoms with Gasteiger partial charge in [0.05, 0.1) is 18.8 Å². The second-order valence-corrected chi connectivity index (χ2v) is 7.48. The predicted octanol–water partition coefficient (Wildman–Crippen LogP) is 2.27. The van der Waals surface area contributed by atoms with Crippen LogP contribution >= 0.6 is 0 Å². The number of aromatic nitrogens is 3. The molecule has 27 heavy (non-hydrogen) atoms. The second-order valence-electron chi connectivity index (χ2n) is 7.48. The van der Waals surface area contributed by atoms with Crippen LogP contribution in [-0.2, 0) is 23.4 Å². The van der Waals surface area contributed by atoms with Gasteiger partial charge in [-0.25, -0.2) is 16.0 Å². The van der Waals surface area contributed by atoms with Gasteiger partial charge in [-0.05, 0) is 38.4 Å². The molecule has 2 heterocycles. The predicted molar refractivity (Wildman–Crippen MR) is 99.0 cm³/mol. The Morgan fingerprint density at radius 3 is 2.70 bits per heavy atom. The number of rotatable bonds is 6. The molecule has 8 heteroatoms. The van der Waals surface area contributed by atoms with Gasteiger partial charge in [-0.2, -0.15) is 0 Å². The Morgan fingerprint density at radius 1 is 1.33 bits per heavy atom. The molecule has 0 radical (unpaired) electrons. The summed E-state index contributed by atoms with van der Waals surface area (Å²) in [5, 5.41) is 8.25. The molecule has 1 aliphatic heterocycles. The van der Waals surface area contributed by atoms with Gasteiger partial charge in [0, 0.05) is 36.8 Å². The number of cyclic esters (lactones) is 1. The monoisotopic (exact) mass is 366 g/mol. The fourth-order valence-electron chi connectivity index (χ4n) is 3.40. The van der Waals surface area contributed by atoms with Crippen LogP contribution in [0.25, 0.3) is 4.85 Å². The highest BCUT2D eigenvalue weighted by molar-refractivity contribution is 5.89. The van der Waals surface area contributed by atoms with Crippen molar-refractivity contribution in [2.24, 2.45) is 0 Å². The Hall–Kier alpha value is -2.92. The summed E-state index contributed by atoms with van der Waals surface area (Å²) in [6.07, 6.45) is 3.08. The van der Waals surface area contributed by atoms with Gasteiger partial charge in [0.1, 0.15) is 6.10 Å². The first kappa shape index (κ1) is 17.5. The maximum atomic E-state index is 12.3. The largest absolute Gasteiger partial charge is 0.442 e. The van der Waals surface area contributed by atoms with Crippen molar-refractivity contribution in [1.29, 1.82) is 0 Å². The Kier molecular flexibility index (Phi) is 4.32. The first-order chi connectivity index (χ1) is 13.0. The van der Waals surface area contributed by atoms with Gasteiger partial charge in [0.25, 0.3) is 5.54 Å². The number of benzene rings is 1. The summed E-state index contributed by atoms with van der Waals surface area (Å²) in [4.78, 5) is 19.7. The quantitative estimate of drug-likeness (QED) is 0.734. The lowest BCUT2D eigenvalue weighted by Gasteiger charge is -2.13. The van der Waals surface area contributed by atoms with Gasteiger partial charge in [0.2, 0.25) is 0 Å². The van der Waals surface area contributed by atoms with Gasteiger partial charge < -0.3 is 14.5 Å². The van der Waals surface area contributed by atoms with Crippen molar-refractivity contribution in [1.82, 2.24) is 19.9 Å². The lowest BCUT2D eigenvalue weighted by atomic mass is 10.1. The second kappa shape index (κ2) is 6.67. The number of carbonyl (C=O) groups excluding carboxylic acids is 1. The smallest absolute Gasteiger partial charge is 0.414 e. The first-order valence-corrected chi connectivity index (χ1v) is 9.00. The zero-order valence-corrected chi connectivity index (χ0v) is 15.5. The summed E-state index contributed by atoms with van der Waals surface area (Å²) in [7, 11) is 3.95. The molecular weight excluding hydrogens is 344 g/mol. The van der Waals surface area contributed by atoms with Crippen molar-refractivity contribution in [2.75, 3.05) is 25.5 Å². The molecule has 8 nitrogen and oxygen atoms in total. The summed E-state index contributed by atoms with van der Waals surface area (Å²) in [5.41, 5.74) is 2.37. The normalized spacial score (nSPS) is 20.6. The average molecular weight is 366 g/mol. The van der Waals surface area contributed by atoms with E-state index in [4.69, 9.17) is 11.3 Å². The number of nitrogens with zero attached hydrogens (tertiary/aromatic N) is 6. The molecule has 140 valence electrons. The molecule has 2 fully saturated rings. The number of carbonyl (C=O) groups is 1. The molecule has 0 unspecified atom stereocenters. The molecule has 1 saturated heterocycles. The topological polar surface area (TPSA) is 67.8 Å². The van der Waals surface area contributed by atoms with E-state index in [1.54, 1.807) is 9.58 Å². The highest BCUT2D eigenvalue weighted by atomic mass is 16.6. The Bertz CT molecular complexity index is 878. The Balaban J connectivity index is 1.40. The van der Waals surface area contributed by atoms with Crippen molar-refractivity contribution in [3.8, 4) is 0 Å². The molecule has 1 atom stereocenters. The lowest BCUT2D eigenvalue weighted by molar-refractivity contribution is 0.129. The van der Waals surface area contributed by atoms with E-state index < -0.39 is 0 Å². The molecule has 1 amide bonds. The minimum atomic E-state index is -0.354.